The first-order valence-corrected chi connectivity index (χ1v) is 2.22. The van der Waals surface area contributed by atoms with Crippen LogP contribution in [0.15, 0.2) is 0 Å². The fraction of sp³-hybridized carbons (Fsp3) is 0.600. The Bertz CT molecular complexity index is 98.6. The zero-order valence-corrected chi connectivity index (χ0v) is 7.55. The van der Waals surface area contributed by atoms with E-state index in [-0.39, 0.29) is 52.0 Å². The second-order valence-corrected chi connectivity index (χ2v) is 1.33. The molecule has 0 aromatic heterocycles. The van der Waals surface area contributed by atoms with Gasteiger partial charge in [0.2, 0.25) is 0 Å². The Hall–Kier alpha value is 0.678. The normalized spacial score (nSPS) is 7.25. The van der Waals surface area contributed by atoms with Gasteiger partial charge in [0.15, 0.2) is 11.6 Å². The van der Waals surface area contributed by atoms with Crippen LogP contribution in [0.1, 0.15) is 20.3 Å². The fourth-order valence-corrected chi connectivity index (χ4v) is 0.249. The average Bonchev–Trinajstić information content (AvgIpc) is 1.65. The zero-order valence-electron chi connectivity index (χ0n) is 4.93. The summed E-state index contributed by atoms with van der Waals surface area (Å²) >= 11 is 0. The van der Waals surface area contributed by atoms with Crippen LogP contribution in [0.4, 0.5) is 0 Å². The Morgan fingerprint density at radius 2 is 1.75 bits per heavy atom. The number of Topliss-reactive ketones (excluding diaryl/α,β-unsaturated/α-hetero) is 2. The molecule has 0 spiro atoms. The molecule has 0 atom stereocenters. The molecule has 8 heavy (non-hydrogen) atoms. The largest absolute Gasteiger partial charge is 0.291 e. The van der Waals surface area contributed by atoms with E-state index in [2.05, 4.69) is 0 Å². The van der Waals surface area contributed by atoms with Crippen molar-refractivity contribution in [1.82, 2.24) is 0 Å². The van der Waals surface area contributed by atoms with Crippen LogP contribution in [0.5, 0.6) is 0 Å². The van der Waals surface area contributed by atoms with Gasteiger partial charge in [0, 0.05) is 53.7 Å². The van der Waals surface area contributed by atoms with E-state index in [1.807, 2.05) is 0 Å². The summed E-state index contributed by atoms with van der Waals surface area (Å²) < 4.78 is 0. The molecular weight excluding hydrogens is 242 g/mol. The molecule has 0 rings (SSSR count). The predicted molar refractivity (Wildman–Crippen MR) is 26.0 cm³/mol. The summed E-state index contributed by atoms with van der Waals surface area (Å²) in [6, 6.07) is 0. The van der Waals surface area contributed by atoms with E-state index < -0.39 is 0 Å². The number of rotatable bonds is 2. The molecule has 2 nitrogen and oxygen atoms in total. The van der Waals surface area contributed by atoms with Crippen LogP contribution >= 0.6 is 0 Å². The topological polar surface area (TPSA) is 34.1 Å². The number of ketones is 2. The third kappa shape index (κ3) is 4.83. The van der Waals surface area contributed by atoms with Crippen molar-refractivity contribution in [2.24, 2.45) is 0 Å². The maximum Gasteiger partial charge on any atom is 0.197 e. The first-order chi connectivity index (χ1) is 3.18. The Kier molecular flexibility index (Phi) is 8.33. The van der Waals surface area contributed by atoms with Gasteiger partial charge in [-0.05, 0) is 0 Å². The molecular formula is C5H8O2Sm. The number of hydrogen-bond acceptors (Lipinski definition) is 2. The fourth-order valence-electron chi connectivity index (χ4n) is 0.249. The van der Waals surface area contributed by atoms with E-state index in [9.17, 15) is 9.59 Å². The standard InChI is InChI=1S/C5H8O2.Sm/c1-3-5(7)4(2)6;/h3H2,1-2H3;. The van der Waals surface area contributed by atoms with Crippen LogP contribution in [-0.4, -0.2) is 11.6 Å². The summed E-state index contributed by atoms with van der Waals surface area (Å²) in [5.74, 6) is -0.637. The van der Waals surface area contributed by atoms with E-state index in [0.29, 0.717) is 6.42 Å². The molecule has 0 amide bonds. The summed E-state index contributed by atoms with van der Waals surface area (Å²) in [6.07, 6.45) is 0.329. The third-order valence-corrected chi connectivity index (χ3v) is 0.714. The van der Waals surface area contributed by atoms with Gasteiger partial charge in [-0.25, -0.2) is 0 Å². The summed E-state index contributed by atoms with van der Waals surface area (Å²) in [5.41, 5.74) is 0. The van der Waals surface area contributed by atoms with Crippen molar-refractivity contribution in [3.05, 3.63) is 0 Å². The minimum absolute atomic E-state index is 0. The third-order valence-electron chi connectivity index (χ3n) is 0.714. The summed E-state index contributed by atoms with van der Waals surface area (Å²) in [7, 11) is 0. The average molecular weight is 250 g/mol. The minimum Gasteiger partial charge on any atom is -0.291 e. The Balaban J connectivity index is 0. The van der Waals surface area contributed by atoms with Gasteiger partial charge < -0.3 is 0 Å². The minimum atomic E-state index is -0.345. The molecule has 3 heteroatoms. The van der Waals surface area contributed by atoms with Gasteiger partial charge in [-0.15, -0.1) is 0 Å². The van der Waals surface area contributed by atoms with Gasteiger partial charge in [-0.1, -0.05) is 6.92 Å². The van der Waals surface area contributed by atoms with E-state index in [1.54, 1.807) is 6.92 Å². The smallest absolute Gasteiger partial charge is 0.197 e. The van der Waals surface area contributed by atoms with E-state index >= 15 is 0 Å². The van der Waals surface area contributed by atoms with Gasteiger partial charge in [0.05, 0.1) is 0 Å². The molecule has 0 fully saturated rings. The number of carbonyl (C=O) groups is 2. The molecule has 0 radical (unpaired) electrons. The molecule has 0 saturated carbocycles. The SMILES string of the molecule is CCC(=O)C(C)=O.[Sm]. The Morgan fingerprint density at radius 3 is 1.75 bits per heavy atom. The zero-order chi connectivity index (χ0) is 5.86. The van der Waals surface area contributed by atoms with Crippen molar-refractivity contribution in [3.63, 3.8) is 0 Å². The summed E-state index contributed by atoms with van der Waals surface area (Å²) in [4.78, 5) is 20.2. The molecule has 0 aliphatic heterocycles. The van der Waals surface area contributed by atoms with E-state index in [1.165, 1.54) is 6.92 Å². The molecule has 0 bridgehead atoms. The van der Waals surface area contributed by atoms with Crippen LogP contribution in [0.25, 0.3) is 0 Å². The Labute approximate surface area is 81.1 Å². The van der Waals surface area contributed by atoms with Crippen molar-refractivity contribution in [1.29, 1.82) is 0 Å². The molecule has 0 unspecified atom stereocenters. The number of carbonyl (C=O) groups excluding carboxylic acids is 2. The predicted octanol–water partition coefficient (Wildman–Crippen LogP) is 0.554. The van der Waals surface area contributed by atoms with E-state index in [4.69, 9.17) is 0 Å². The second-order valence-electron chi connectivity index (χ2n) is 1.33. The van der Waals surface area contributed by atoms with Crippen LogP contribution in [-0.2, 0) is 9.59 Å². The van der Waals surface area contributed by atoms with Gasteiger partial charge in [-0.2, -0.15) is 0 Å². The summed E-state index contributed by atoms with van der Waals surface area (Å²) in [6.45, 7) is 2.95. The van der Waals surface area contributed by atoms with Crippen LogP contribution in [0.3, 0.4) is 0 Å². The quantitative estimate of drug-likeness (QED) is 0.671. The van der Waals surface area contributed by atoms with Crippen LogP contribution in [0, 0.1) is 40.4 Å². The van der Waals surface area contributed by atoms with Gasteiger partial charge in [0.1, 0.15) is 0 Å². The molecule has 0 aliphatic carbocycles. The summed E-state index contributed by atoms with van der Waals surface area (Å²) in [5, 5.41) is 0. The molecule has 0 aromatic rings. The first kappa shape index (κ1) is 11.5. The van der Waals surface area contributed by atoms with Gasteiger partial charge >= 0.3 is 0 Å². The van der Waals surface area contributed by atoms with Gasteiger partial charge in [-0.3, -0.25) is 9.59 Å². The van der Waals surface area contributed by atoms with Crippen molar-refractivity contribution in [2.75, 3.05) is 0 Å². The maximum absolute atomic E-state index is 10.2. The van der Waals surface area contributed by atoms with Crippen LogP contribution in [0.2, 0.25) is 0 Å². The van der Waals surface area contributed by atoms with Gasteiger partial charge in [0.25, 0.3) is 0 Å². The Morgan fingerprint density at radius 1 is 1.38 bits per heavy atom. The van der Waals surface area contributed by atoms with Crippen molar-refractivity contribution < 1.29 is 50.0 Å². The van der Waals surface area contributed by atoms with Crippen molar-refractivity contribution in [2.45, 2.75) is 20.3 Å². The van der Waals surface area contributed by atoms with E-state index in [0.717, 1.165) is 0 Å². The molecule has 0 heterocycles. The monoisotopic (exact) mass is 252 g/mol. The van der Waals surface area contributed by atoms with Crippen LogP contribution < -0.4 is 0 Å². The van der Waals surface area contributed by atoms with Crippen molar-refractivity contribution >= 4 is 11.6 Å². The molecule has 0 saturated heterocycles. The second kappa shape index (κ2) is 5.81. The molecule has 0 aromatic carbocycles. The van der Waals surface area contributed by atoms with Crippen molar-refractivity contribution in [3.8, 4) is 0 Å². The maximum atomic E-state index is 10.2. The first-order valence-electron chi connectivity index (χ1n) is 2.22. The molecule has 0 N–H and O–H groups in total. The molecule has 0 aliphatic rings. The molecule has 46 valence electrons. The number of hydrogen-bond donors (Lipinski definition) is 0.